The predicted molar refractivity (Wildman–Crippen MR) is 111 cm³/mol. The second-order valence-corrected chi connectivity index (χ2v) is 9.37. The van der Waals surface area contributed by atoms with Crippen LogP contribution in [0.4, 0.5) is 0 Å². The van der Waals surface area contributed by atoms with Gasteiger partial charge in [0.25, 0.3) is 0 Å². The molecule has 2 aliphatic rings. The van der Waals surface area contributed by atoms with Crippen LogP contribution in [-0.2, 0) is 7.05 Å². The van der Waals surface area contributed by atoms with Crippen LogP contribution in [0, 0.1) is 5.92 Å². The second-order valence-electron chi connectivity index (χ2n) is 8.31. The van der Waals surface area contributed by atoms with Crippen molar-refractivity contribution in [3.63, 3.8) is 0 Å². The van der Waals surface area contributed by atoms with E-state index in [-0.39, 0.29) is 6.10 Å². The predicted octanol–water partition coefficient (Wildman–Crippen LogP) is 4.96. The molecule has 0 unspecified atom stereocenters. The molecule has 142 valence electrons. The van der Waals surface area contributed by atoms with Crippen LogP contribution >= 0.6 is 11.3 Å². The van der Waals surface area contributed by atoms with Gasteiger partial charge < -0.3 is 5.11 Å². The molecular weight excluding hydrogens is 368 g/mol. The molecule has 0 aromatic carbocycles. The Morgan fingerprint density at radius 3 is 2.79 bits per heavy atom. The fraction of sp³-hybridized carbons (Fsp3) is 0.409. The molecule has 4 aromatic heterocycles. The Balaban J connectivity index is 1.53. The van der Waals surface area contributed by atoms with Crippen LogP contribution in [0.25, 0.3) is 32.4 Å². The van der Waals surface area contributed by atoms with Gasteiger partial charge in [0, 0.05) is 52.3 Å². The topological polar surface area (TPSA) is 63.8 Å². The molecule has 6 rings (SSSR count). The smallest absolute Gasteiger partial charge is 0.181 e. The lowest BCUT2D eigenvalue weighted by Gasteiger charge is -2.29. The normalized spacial score (nSPS) is 18.6. The molecule has 0 bridgehead atoms. The molecule has 0 aliphatic heterocycles. The van der Waals surface area contributed by atoms with Gasteiger partial charge in [-0.2, -0.15) is 5.10 Å². The van der Waals surface area contributed by atoms with Gasteiger partial charge in [-0.25, -0.2) is 9.97 Å². The van der Waals surface area contributed by atoms with Crippen molar-refractivity contribution in [1.29, 1.82) is 0 Å². The fourth-order valence-corrected chi connectivity index (χ4v) is 5.34. The molecule has 4 heterocycles. The van der Waals surface area contributed by atoms with E-state index in [1.165, 1.54) is 30.5 Å². The van der Waals surface area contributed by atoms with Crippen molar-refractivity contribution in [3.05, 3.63) is 41.2 Å². The molecule has 1 N–H and O–H groups in total. The molecule has 1 atom stereocenters. The third kappa shape index (κ3) is 2.66. The average Bonchev–Trinajstić information content (AvgIpc) is 3.28. The molecule has 0 spiro atoms. The van der Waals surface area contributed by atoms with Gasteiger partial charge in [0.05, 0.1) is 6.10 Å². The molecule has 0 radical (unpaired) electrons. The van der Waals surface area contributed by atoms with Crippen LogP contribution in [0.1, 0.15) is 54.7 Å². The first-order valence-corrected chi connectivity index (χ1v) is 10.9. The minimum Gasteiger partial charge on any atom is -0.387 e. The number of aliphatic hydroxyl groups excluding tert-OH is 1. The number of hydrogen-bond donors (Lipinski definition) is 1. The van der Waals surface area contributed by atoms with E-state index in [1.54, 1.807) is 16.0 Å². The van der Waals surface area contributed by atoms with Gasteiger partial charge in [-0.05, 0) is 55.4 Å². The minimum absolute atomic E-state index is 0.357. The number of rotatable bonds is 4. The van der Waals surface area contributed by atoms with E-state index < -0.39 is 0 Å². The minimum atomic E-state index is -0.357. The summed E-state index contributed by atoms with van der Waals surface area (Å²) in [6.45, 7) is 0. The number of pyridine rings is 2. The number of thiophene rings is 1. The summed E-state index contributed by atoms with van der Waals surface area (Å²) >= 11 is 1.66. The van der Waals surface area contributed by atoms with Gasteiger partial charge in [-0.3, -0.25) is 4.68 Å². The molecule has 5 nitrogen and oxygen atoms in total. The molecule has 28 heavy (non-hydrogen) atoms. The molecule has 2 aliphatic carbocycles. The van der Waals surface area contributed by atoms with E-state index in [2.05, 4.69) is 28.3 Å². The highest BCUT2D eigenvalue weighted by Crippen LogP contribution is 2.46. The molecule has 6 heteroatoms. The van der Waals surface area contributed by atoms with E-state index >= 15 is 0 Å². The van der Waals surface area contributed by atoms with Crippen molar-refractivity contribution in [3.8, 4) is 11.1 Å². The van der Waals surface area contributed by atoms with Gasteiger partial charge in [-0.15, -0.1) is 11.3 Å². The van der Waals surface area contributed by atoms with Crippen LogP contribution in [-0.4, -0.2) is 24.9 Å². The van der Waals surface area contributed by atoms with Crippen molar-refractivity contribution in [2.24, 2.45) is 13.0 Å². The average molecular weight is 391 g/mol. The quantitative estimate of drug-likeness (QED) is 0.535. The first-order chi connectivity index (χ1) is 13.7. The van der Waals surface area contributed by atoms with Crippen LogP contribution < -0.4 is 0 Å². The fourth-order valence-electron chi connectivity index (χ4n) is 4.19. The second kappa shape index (κ2) is 6.09. The molecule has 0 amide bonds. The maximum atomic E-state index is 10.8. The van der Waals surface area contributed by atoms with Crippen molar-refractivity contribution < 1.29 is 5.11 Å². The standard InChI is InChI=1S/C22H22N4OS/c1-26-11-15-7-14(10-23-21(15)25-26)16-8-18(12-5-6-12)24-22-17(16)9-19(28-22)20(27)13-3-2-4-13/h7-13,20,27H,2-6H2,1H3/t20-/m1/s1. The third-order valence-corrected chi connectivity index (χ3v) is 7.31. The van der Waals surface area contributed by atoms with Gasteiger partial charge in [0.1, 0.15) is 4.83 Å². The molecule has 2 fully saturated rings. The maximum Gasteiger partial charge on any atom is 0.181 e. The van der Waals surface area contributed by atoms with Gasteiger partial charge in [0.2, 0.25) is 0 Å². The summed E-state index contributed by atoms with van der Waals surface area (Å²) in [6, 6.07) is 6.57. The Morgan fingerprint density at radius 2 is 2.04 bits per heavy atom. The van der Waals surface area contributed by atoms with E-state index in [9.17, 15) is 5.11 Å². The van der Waals surface area contributed by atoms with E-state index in [0.29, 0.717) is 11.8 Å². The van der Waals surface area contributed by atoms with Crippen molar-refractivity contribution in [2.75, 3.05) is 0 Å². The van der Waals surface area contributed by atoms with Gasteiger partial charge >= 0.3 is 0 Å². The lowest BCUT2D eigenvalue weighted by molar-refractivity contribution is 0.0650. The Labute approximate surface area is 167 Å². The highest BCUT2D eigenvalue weighted by atomic mass is 32.1. The zero-order chi connectivity index (χ0) is 18.8. The SMILES string of the molecule is Cn1cc2cc(-c3cc(C4CC4)nc4sc([C@H](O)C5CCC5)cc34)cnc2n1. The Morgan fingerprint density at radius 1 is 1.18 bits per heavy atom. The number of aryl methyl sites for hydroxylation is 1. The highest BCUT2D eigenvalue weighted by molar-refractivity contribution is 7.18. The zero-order valence-corrected chi connectivity index (χ0v) is 16.6. The third-order valence-electron chi connectivity index (χ3n) is 6.21. The first-order valence-electron chi connectivity index (χ1n) is 10.1. The van der Waals surface area contributed by atoms with Crippen molar-refractivity contribution in [2.45, 2.75) is 44.1 Å². The summed E-state index contributed by atoms with van der Waals surface area (Å²) in [4.78, 5) is 11.6. The molecule has 0 saturated heterocycles. The van der Waals surface area contributed by atoms with Gasteiger partial charge in [-0.1, -0.05) is 6.42 Å². The number of fused-ring (bicyclic) bond motifs is 2. The van der Waals surface area contributed by atoms with Gasteiger partial charge in [0.15, 0.2) is 5.65 Å². The summed E-state index contributed by atoms with van der Waals surface area (Å²) in [6.07, 6.45) is 9.51. The summed E-state index contributed by atoms with van der Waals surface area (Å²) in [5, 5.41) is 17.4. The van der Waals surface area contributed by atoms with Crippen molar-refractivity contribution in [1.82, 2.24) is 19.7 Å². The first kappa shape index (κ1) is 16.6. The number of hydrogen-bond acceptors (Lipinski definition) is 5. The Hall–Kier alpha value is -2.31. The highest BCUT2D eigenvalue weighted by Gasteiger charge is 2.30. The van der Waals surface area contributed by atoms with Crippen LogP contribution in [0.15, 0.2) is 30.6 Å². The number of aliphatic hydroxyl groups is 1. The number of aromatic nitrogens is 4. The molecule has 2 saturated carbocycles. The lowest BCUT2D eigenvalue weighted by Crippen LogP contribution is -2.19. The molecule has 4 aromatic rings. The van der Waals surface area contributed by atoms with E-state index in [0.717, 1.165) is 44.5 Å². The summed E-state index contributed by atoms with van der Waals surface area (Å²) < 4.78 is 1.80. The summed E-state index contributed by atoms with van der Waals surface area (Å²) in [5.41, 5.74) is 4.22. The lowest BCUT2D eigenvalue weighted by atomic mass is 9.80. The summed E-state index contributed by atoms with van der Waals surface area (Å²) in [5.74, 6) is 0.994. The van der Waals surface area contributed by atoms with Crippen LogP contribution in [0.5, 0.6) is 0 Å². The monoisotopic (exact) mass is 390 g/mol. The Kier molecular flexibility index (Phi) is 3.62. The zero-order valence-electron chi connectivity index (χ0n) is 15.8. The number of nitrogens with zero attached hydrogens (tertiary/aromatic N) is 4. The molecular formula is C22H22N4OS. The van der Waals surface area contributed by atoms with E-state index in [4.69, 9.17) is 4.98 Å². The largest absolute Gasteiger partial charge is 0.387 e. The maximum absolute atomic E-state index is 10.8. The van der Waals surface area contributed by atoms with Crippen LogP contribution in [0.2, 0.25) is 0 Å². The van der Waals surface area contributed by atoms with Crippen LogP contribution in [0.3, 0.4) is 0 Å². The summed E-state index contributed by atoms with van der Waals surface area (Å²) in [7, 11) is 1.92. The Bertz CT molecular complexity index is 1200. The van der Waals surface area contributed by atoms with E-state index in [1.807, 2.05) is 19.4 Å². The van der Waals surface area contributed by atoms with Crippen molar-refractivity contribution >= 4 is 32.6 Å².